The summed E-state index contributed by atoms with van der Waals surface area (Å²) in [7, 11) is -3.65. The molecule has 0 radical (unpaired) electrons. The number of carboxylic acids is 1. The number of benzene rings is 1. The van der Waals surface area contributed by atoms with Crippen molar-refractivity contribution in [2.24, 2.45) is 5.92 Å². The van der Waals surface area contributed by atoms with Gasteiger partial charge < -0.3 is 20.5 Å². The predicted molar refractivity (Wildman–Crippen MR) is 60.9 cm³/mol. The SMILES string of the molecule is C[C@H](CP(=O)(O)[C@H]([NH3+])c1ccccc1)C(=O)[O-]. The van der Waals surface area contributed by atoms with E-state index in [0.717, 1.165) is 0 Å². The van der Waals surface area contributed by atoms with Crippen LogP contribution in [0.3, 0.4) is 0 Å². The van der Waals surface area contributed by atoms with Gasteiger partial charge in [-0.05, 0) is 0 Å². The van der Waals surface area contributed by atoms with Gasteiger partial charge in [0.2, 0.25) is 0 Å². The van der Waals surface area contributed by atoms with E-state index in [1.54, 1.807) is 30.3 Å². The summed E-state index contributed by atoms with van der Waals surface area (Å²) in [5, 5.41) is 10.6. The van der Waals surface area contributed by atoms with Crippen molar-refractivity contribution in [2.45, 2.75) is 12.7 Å². The fourth-order valence-corrected chi connectivity index (χ4v) is 3.33. The highest BCUT2D eigenvalue weighted by molar-refractivity contribution is 7.58. The van der Waals surface area contributed by atoms with E-state index in [1.807, 2.05) is 0 Å². The number of hydrogen-bond donors (Lipinski definition) is 2. The molecule has 1 rings (SSSR count). The summed E-state index contributed by atoms with van der Waals surface area (Å²) in [4.78, 5) is 20.4. The van der Waals surface area contributed by atoms with Gasteiger partial charge in [-0.1, -0.05) is 37.3 Å². The zero-order valence-corrected chi connectivity index (χ0v) is 10.5. The monoisotopic (exact) mass is 257 g/mol. The molecule has 0 bridgehead atoms. The second kappa shape index (κ2) is 5.45. The summed E-state index contributed by atoms with van der Waals surface area (Å²) >= 11 is 0. The van der Waals surface area contributed by atoms with Gasteiger partial charge in [-0.3, -0.25) is 4.57 Å². The fourth-order valence-electron chi connectivity index (χ4n) is 1.50. The van der Waals surface area contributed by atoms with Gasteiger partial charge in [0.25, 0.3) is 7.37 Å². The van der Waals surface area contributed by atoms with Gasteiger partial charge in [0.15, 0.2) is 5.78 Å². The van der Waals surface area contributed by atoms with Crippen molar-refractivity contribution in [3.8, 4) is 0 Å². The van der Waals surface area contributed by atoms with Gasteiger partial charge in [0, 0.05) is 23.6 Å². The van der Waals surface area contributed by atoms with Crippen LogP contribution in [0.1, 0.15) is 18.3 Å². The lowest BCUT2D eigenvalue weighted by Gasteiger charge is -2.20. The molecule has 17 heavy (non-hydrogen) atoms. The second-order valence-corrected chi connectivity index (χ2v) is 6.58. The lowest BCUT2D eigenvalue weighted by molar-refractivity contribution is -0.397. The molecular formula is C11H16NO4P. The van der Waals surface area contributed by atoms with E-state index >= 15 is 0 Å². The molecule has 0 amide bonds. The van der Waals surface area contributed by atoms with Crippen LogP contribution in [0.5, 0.6) is 0 Å². The zero-order chi connectivity index (χ0) is 13.1. The maximum Gasteiger partial charge on any atom is 0.261 e. The highest BCUT2D eigenvalue weighted by Gasteiger charge is 2.34. The molecule has 0 saturated carbocycles. The summed E-state index contributed by atoms with van der Waals surface area (Å²) in [6.45, 7) is 1.36. The highest BCUT2D eigenvalue weighted by atomic mass is 31.2. The summed E-state index contributed by atoms with van der Waals surface area (Å²) < 4.78 is 12.0. The molecule has 94 valence electrons. The van der Waals surface area contributed by atoms with Crippen molar-refractivity contribution < 1.29 is 25.1 Å². The Morgan fingerprint density at radius 2 is 2.00 bits per heavy atom. The van der Waals surface area contributed by atoms with E-state index in [0.29, 0.717) is 5.56 Å². The van der Waals surface area contributed by atoms with E-state index in [4.69, 9.17) is 0 Å². The summed E-state index contributed by atoms with van der Waals surface area (Å²) in [6.07, 6.45) is -0.321. The molecule has 0 saturated heterocycles. The molecule has 0 aromatic heterocycles. The van der Waals surface area contributed by atoms with E-state index in [-0.39, 0.29) is 6.16 Å². The van der Waals surface area contributed by atoms with E-state index in [2.05, 4.69) is 5.73 Å². The van der Waals surface area contributed by atoms with Crippen LogP contribution in [0.2, 0.25) is 0 Å². The number of quaternary nitrogens is 1. The maximum atomic E-state index is 12.0. The van der Waals surface area contributed by atoms with E-state index in [1.165, 1.54) is 6.92 Å². The second-order valence-electron chi connectivity index (χ2n) is 4.08. The van der Waals surface area contributed by atoms with Crippen LogP contribution in [0, 0.1) is 5.92 Å². The number of carbonyl (C=O) groups excluding carboxylic acids is 1. The third-order valence-electron chi connectivity index (χ3n) is 2.61. The third kappa shape index (κ3) is 3.66. The largest absolute Gasteiger partial charge is 0.550 e. The molecule has 0 heterocycles. The lowest BCUT2D eigenvalue weighted by Crippen LogP contribution is -2.53. The van der Waals surface area contributed by atoms with Gasteiger partial charge in [0.1, 0.15) is 0 Å². The van der Waals surface area contributed by atoms with Crippen LogP contribution in [0.4, 0.5) is 0 Å². The Morgan fingerprint density at radius 1 is 1.47 bits per heavy atom. The normalized spacial score (nSPS) is 18.1. The van der Waals surface area contributed by atoms with Crippen molar-refractivity contribution in [1.29, 1.82) is 0 Å². The summed E-state index contributed by atoms with van der Waals surface area (Å²) in [5.41, 5.74) is 4.29. The van der Waals surface area contributed by atoms with Crippen molar-refractivity contribution >= 4 is 13.3 Å². The average molecular weight is 257 g/mol. The number of rotatable bonds is 5. The Bertz CT molecular complexity index is 434. The molecule has 1 unspecified atom stereocenters. The zero-order valence-electron chi connectivity index (χ0n) is 9.57. The van der Waals surface area contributed by atoms with Gasteiger partial charge >= 0.3 is 0 Å². The van der Waals surface area contributed by atoms with Gasteiger partial charge in [0.05, 0.1) is 0 Å². The molecule has 1 aromatic carbocycles. The van der Waals surface area contributed by atoms with Crippen LogP contribution in [0.15, 0.2) is 30.3 Å². The molecule has 3 atom stereocenters. The van der Waals surface area contributed by atoms with Crippen molar-refractivity contribution in [1.82, 2.24) is 0 Å². The number of aliphatic carboxylic acids is 1. The number of carbonyl (C=O) groups is 1. The van der Waals surface area contributed by atoms with Crippen LogP contribution < -0.4 is 10.8 Å². The topological polar surface area (TPSA) is 105 Å². The van der Waals surface area contributed by atoms with Crippen LogP contribution >= 0.6 is 7.37 Å². The minimum Gasteiger partial charge on any atom is -0.550 e. The third-order valence-corrected chi connectivity index (χ3v) is 4.95. The molecule has 1 aromatic rings. The van der Waals surface area contributed by atoms with E-state index in [9.17, 15) is 19.4 Å². The van der Waals surface area contributed by atoms with Crippen molar-refractivity contribution in [3.05, 3.63) is 35.9 Å². The molecule has 0 fully saturated rings. The first-order chi connectivity index (χ1) is 7.84. The molecule has 4 N–H and O–H groups in total. The molecule has 0 spiro atoms. The Hall–Kier alpha value is -1.16. The summed E-state index contributed by atoms with van der Waals surface area (Å²) in [5.74, 6) is -3.09. The molecule has 6 heteroatoms. The molecule has 0 aliphatic heterocycles. The molecular weight excluding hydrogens is 241 g/mol. The number of hydrogen-bond acceptors (Lipinski definition) is 3. The van der Waals surface area contributed by atoms with Crippen LogP contribution in [0.25, 0.3) is 0 Å². The van der Waals surface area contributed by atoms with Crippen LogP contribution in [-0.4, -0.2) is 17.0 Å². The standard InChI is InChI=1S/C11H16NO4P/c1-8(11(13)14)7-17(15,16)10(12)9-5-3-2-4-6-9/h2-6,8,10H,7,12H2,1H3,(H,13,14)(H,15,16)/t8-,10+/m1/s1. The summed E-state index contributed by atoms with van der Waals surface area (Å²) in [6, 6.07) is 8.68. The molecule has 5 nitrogen and oxygen atoms in total. The first kappa shape index (κ1) is 13.9. The molecule has 0 aliphatic carbocycles. The average Bonchev–Trinajstić information content (AvgIpc) is 2.28. The Morgan fingerprint density at radius 3 is 2.47 bits per heavy atom. The van der Waals surface area contributed by atoms with Crippen molar-refractivity contribution in [3.63, 3.8) is 0 Å². The maximum absolute atomic E-state index is 12.0. The number of carboxylic acid groups (broad SMARTS) is 1. The van der Waals surface area contributed by atoms with Gasteiger partial charge in [-0.15, -0.1) is 0 Å². The van der Waals surface area contributed by atoms with E-state index < -0.39 is 25.0 Å². The van der Waals surface area contributed by atoms with Gasteiger partial charge in [-0.25, -0.2) is 0 Å². The van der Waals surface area contributed by atoms with Gasteiger partial charge in [-0.2, -0.15) is 0 Å². The first-order valence-electron chi connectivity index (χ1n) is 5.25. The highest BCUT2D eigenvalue weighted by Crippen LogP contribution is 2.52. The lowest BCUT2D eigenvalue weighted by atomic mass is 10.2. The Balaban J connectivity index is 2.84. The first-order valence-corrected chi connectivity index (χ1v) is 7.16. The Kier molecular flexibility index (Phi) is 4.46. The quantitative estimate of drug-likeness (QED) is 0.699. The predicted octanol–water partition coefficient (Wildman–Crippen LogP) is -0.417. The van der Waals surface area contributed by atoms with Crippen LogP contribution in [-0.2, 0) is 9.36 Å². The van der Waals surface area contributed by atoms with Crippen molar-refractivity contribution in [2.75, 3.05) is 6.16 Å². The minimum absolute atomic E-state index is 0.321. The fraction of sp³-hybridized carbons (Fsp3) is 0.364. The minimum atomic E-state index is -3.65. The molecule has 0 aliphatic rings. The smallest absolute Gasteiger partial charge is 0.261 e. The Labute approximate surface area is 99.7 Å².